The van der Waals surface area contributed by atoms with Gasteiger partial charge in [-0.25, -0.2) is 4.98 Å². The molecule has 0 atom stereocenters. The van der Waals surface area contributed by atoms with Crippen molar-refractivity contribution in [2.45, 2.75) is 32.9 Å². The molecule has 142 valence electrons. The average Bonchev–Trinajstić information content (AvgIpc) is 3.13. The van der Waals surface area contributed by atoms with Crippen molar-refractivity contribution in [2.75, 3.05) is 27.3 Å². The van der Waals surface area contributed by atoms with Gasteiger partial charge in [-0.2, -0.15) is 0 Å². The second kappa shape index (κ2) is 10.8. The Morgan fingerprint density at radius 3 is 2.77 bits per heavy atom. The van der Waals surface area contributed by atoms with Gasteiger partial charge in [0.15, 0.2) is 5.96 Å². The minimum absolute atomic E-state index is 0.456. The fourth-order valence-corrected chi connectivity index (χ4v) is 3.19. The highest BCUT2D eigenvalue weighted by Gasteiger charge is 2.06. The van der Waals surface area contributed by atoms with E-state index in [9.17, 15) is 0 Å². The van der Waals surface area contributed by atoms with Gasteiger partial charge in [0.05, 0.1) is 32.6 Å². The zero-order valence-electron chi connectivity index (χ0n) is 15.9. The second-order valence-corrected chi connectivity index (χ2v) is 6.98. The zero-order valence-corrected chi connectivity index (χ0v) is 16.7. The summed E-state index contributed by atoms with van der Waals surface area (Å²) in [7, 11) is 3.43. The number of thiazole rings is 1. The maximum Gasteiger partial charge on any atom is 0.191 e. The van der Waals surface area contributed by atoms with Crippen LogP contribution in [0.3, 0.4) is 0 Å². The van der Waals surface area contributed by atoms with Gasteiger partial charge in [0.2, 0.25) is 0 Å². The quantitative estimate of drug-likeness (QED) is 0.400. The number of hydrogen-bond acceptors (Lipinski definition) is 5. The summed E-state index contributed by atoms with van der Waals surface area (Å²) in [6.45, 7) is 6.74. The van der Waals surface area contributed by atoms with Crippen molar-refractivity contribution in [3.8, 4) is 5.75 Å². The number of para-hydroxylation sites is 1. The molecule has 2 N–H and O–H groups in total. The molecule has 26 heavy (non-hydrogen) atoms. The summed E-state index contributed by atoms with van der Waals surface area (Å²) in [6.07, 6.45) is 0. The monoisotopic (exact) mass is 376 g/mol. The van der Waals surface area contributed by atoms with Crippen LogP contribution in [0.15, 0.2) is 34.6 Å². The van der Waals surface area contributed by atoms with Crippen LogP contribution in [0.2, 0.25) is 0 Å². The summed E-state index contributed by atoms with van der Waals surface area (Å²) in [5.41, 5.74) is 2.18. The van der Waals surface area contributed by atoms with E-state index in [1.807, 2.05) is 24.3 Å². The van der Waals surface area contributed by atoms with Crippen molar-refractivity contribution in [1.29, 1.82) is 0 Å². The van der Waals surface area contributed by atoms with Gasteiger partial charge in [-0.1, -0.05) is 32.0 Å². The van der Waals surface area contributed by atoms with E-state index < -0.39 is 0 Å². The maximum absolute atomic E-state index is 5.71. The van der Waals surface area contributed by atoms with Crippen molar-refractivity contribution in [2.24, 2.45) is 4.99 Å². The third-order valence-corrected chi connectivity index (χ3v) is 4.65. The lowest BCUT2D eigenvalue weighted by molar-refractivity contribution is 0.123. The lowest BCUT2D eigenvalue weighted by Crippen LogP contribution is -2.38. The van der Waals surface area contributed by atoms with Crippen molar-refractivity contribution in [3.63, 3.8) is 0 Å². The van der Waals surface area contributed by atoms with Gasteiger partial charge in [0, 0.05) is 24.5 Å². The molecule has 1 aromatic heterocycles. The van der Waals surface area contributed by atoms with Crippen LogP contribution in [0.5, 0.6) is 5.75 Å². The Morgan fingerprint density at radius 1 is 1.27 bits per heavy atom. The lowest BCUT2D eigenvalue weighted by atomic mass is 10.2. The van der Waals surface area contributed by atoms with E-state index in [-0.39, 0.29) is 0 Å². The molecule has 0 aliphatic heterocycles. The molecule has 0 aliphatic rings. The molecule has 0 bridgehead atoms. The maximum atomic E-state index is 5.71. The Balaban J connectivity index is 1.67. The van der Waals surface area contributed by atoms with E-state index in [0.717, 1.165) is 28.0 Å². The Hall–Kier alpha value is -2.12. The Kier molecular flexibility index (Phi) is 8.37. The van der Waals surface area contributed by atoms with Crippen molar-refractivity contribution in [1.82, 2.24) is 15.6 Å². The first kappa shape index (κ1) is 20.2. The molecule has 1 aromatic carbocycles. The molecule has 0 saturated heterocycles. The number of aliphatic imine (C=N–C) groups is 1. The third-order valence-electron chi connectivity index (χ3n) is 3.78. The summed E-state index contributed by atoms with van der Waals surface area (Å²) in [5, 5.41) is 9.69. The van der Waals surface area contributed by atoms with Gasteiger partial charge in [0.1, 0.15) is 10.8 Å². The summed E-state index contributed by atoms with van der Waals surface area (Å²) < 4.78 is 11.0. The smallest absolute Gasteiger partial charge is 0.191 e. The van der Waals surface area contributed by atoms with E-state index in [1.165, 1.54) is 0 Å². The molecular weight excluding hydrogens is 348 g/mol. The molecule has 0 unspecified atom stereocenters. The molecule has 7 heteroatoms. The first-order valence-electron chi connectivity index (χ1n) is 8.72. The van der Waals surface area contributed by atoms with E-state index in [2.05, 4.69) is 39.8 Å². The number of benzene rings is 1. The zero-order chi connectivity index (χ0) is 18.8. The molecule has 0 aliphatic carbocycles. The van der Waals surface area contributed by atoms with Crippen LogP contribution < -0.4 is 15.4 Å². The first-order valence-corrected chi connectivity index (χ1v) is 9.60. The van der Waals surface area contributed by atoms with Gasteiger partial charge in [-0.05, 0) is 12.0 Å². The van der Waals surface area contributed by atoms with Crippen LogP contribution in [0.1, 0.15) is 36.0 Å². The normalized spacial score (nSPS) is 11.7. The SMILES string of the molecule is CN=C(NCCOCc1ccccc1OC)NCc1nc(C(C)C)cs1. The van der Waals surface area contributed by atoms with Gasteiger partial charge >= 0.3 is 0 Å². The molecular formula is C19H28N4O2S. The number of guanidine groups is 1. The third kappa shape index (κ3) is 6.31. The minimum atomic E-state index is 0.456. The largest absolute Gasteiger partial charge is 0.496 e. The predicted octanol–water partition coefficient (Wildman–Crippen LogP) is 3.16. The number of hydrogen-bond donors (Lipinski definition) is 2. The van der Waals surface area contributed by atoms with Crippen LogP contribution in [0.25, 0.3) is 0 Å². The van der Waals surface area contributed by atoms with Gasteiger partial charge in [-0.3, -0.25) is 4.99 Å². The highest BCUT2D eigenvalue weighted by atomic mass is 32.1. The fourth-order valence-electron chi connectivity index (χ4n) is 2.30. The molecule has 1 heterocycles. The number of aromatic nitrogens is 1. The van der Waals surface area contributed by atoms with Crippen LogP contribution in [-0.4, -0.2) is 38.3 Å². The summed E-state index contributed by atoms with van der Waals surface area (Å²) in [6, 6.07) is 7.87. The summed E-state index contributed by atoms with van der Waals surface area (Å²) in [4.78, 5) is 8.84. The van der Waals surface area contributed by atoms with Crippen LogP contribution in [-0.2, 0) is 17.9 Å². The molecule has 0 spiro atoms. The first-order chi connectivity index (χ1) is 12.6. The summed E-state index contributed by atoms with van der Waals surface area (Å²) >= 11 is 1.67. The van der Waals surface area contributed by atoms with Crippen LogP contribution >= 0.6 is 11.3 Å². The molecule has 0 saturated carbocycles. The Morgan fingerprint density at radius 2 is 2.08 bits per heavy atom. The molecule has 0 radical (unpaired) electrons. The van der Waals surface area contributed by atoms with Crippen LogP contribution in [0, 0.1) is 0 Å². The number of rotatable bonds is 9. The van der Waals surface area contributed by atoms with E-state index >= 15 is 0 Å². The number of nitrogens with zero attached hydrogens (tertiary/aromatic N) is 2. The van der Waals surface area contributed by atoms with Gasteiger partial charge in [-0.15, -0.1) is 11.3 Å². The predicted molar refractivity (Wildman–Crippen MR) is 107 cm³/mol. The van der Waals surface area contributed by atoms with Crippen molar-refractivity contribution < 1.29 is 9.47 Å². The van der Waals surface area contributed by atoms with Gasteiger partial charge < -0.3 is 20.1 Å². The molecule has 0 amide bonds. The van der Waals surface area contributed by atoms with Gasteiger partial charge in [0.25, 0.3) is 0 Å². The molecule has 6 nitrogen and oxygen atoms in total. The van der Waals surface area contributed by atoms with E-state index in [0.29, 0.717) is 32.2 Å². The van der Waals surface area contributed by atoms with Crippen LogP contribution in [0.4, 0.5) is 0 Å². The number of nitrogens with one attached hydrogen (secondary N) is 2. The Labute approximate surface area is 159 Å². The highest BCUT2D eigenvalue weighted by Crippen LogP contribution is 2.18. The van der Waals surface area contributed by atoms with Crippen molar-refractivity contribution >= 4 is 17.3 Å². The Bertz CT molecular complexity index is 700. The van der Waals surface area contributed by atoms with E-state index in [1.54, 1.807) is 25.5 Å². The molecule has 2 rings (SSSR count). The minimum Gasteiger partial charge on any atom is -0.496 e. The van der Waals surface area contributed by atoms with Crippen molar-refractivity contribution in [3.05, 3.63) is 45.9 Å². The number of methoxy groups -OCH3 is 1. The summed E-state index contributed by atoms with van der Waals surface area (Å²) in [5.74, 6) is 2.05. The molecule has 2 aromatic rings. The average molecular weight is 377 g/mol. The molecule has 0 fully saturated rings. The van der Waals surface area contributed by atoms with E-state index in [4.69, 9.17) is 9.47 Å². The second-order valence-electron chi connectivity index (χ2n) is 6.04. The standard InChI is InChI=1S/C19H28N4O2S/c1-14(2)16-13-26-18(23-16)11-22-19(20-3)21-9-10-25-12-15-7-5-6-8-17(15)24-4/h5-8,13-14H,9-12H2,1-4H3,(H2,20,21,22). The lowest BCUT2D eigenvalue weighted by Gasteiger charge is -2.12. The fraction of sp³-hybridized carbons (Fsp3) is 0.474. The topological polar surface area (TPSA) is 67.8 Å². The number of ether oxygens (including phenoxy) is 2. The highest BCUT2D eigenvalue weighted by molar-refractivity contribution is 7.09.